The van der Waals surface area contributed by atoms with Gasteiger partial charge in [0, 0.05) is 5.56 Å². The van der Waals surface area contributed by atoms with Gasteiger partial charge in [0.2, 0.25) is 0 Å². The maximum atomic E-state index is 5.99. The van der Waals surface area contributed by atoms with Crippen molar-refractivity contribution in [3.8, 4) is 11.8 Å². The van der Waals surface area contributed by atoms with E-state index in [4.69, 9.17) is 15.0 Å². The molecule has 1 aromatic rings. The normalized spacial score (nSPS) is 19.9. The van der Waals surface area contributed by atoms with E-state index in [9.17, 15) is 0 Å². The minimum absolute atomic E-state index is 0.310. The first-order valence-corrected chi connectivity index (χ1v) is 6.50. The summed E-state index contributed by atoms with van der Waals surface area (Å²) in [5.74, 6) is 5.83. The second-order valence-electron chi connectivity index (χ2n) is 5.72. The third kappa shape index (κ3) is 2.84. The predicted molar refractivity (Wildman–Crippen MR) is 78.1 cm³/mol. The lowest BCUT2D eigenvalue weighted by Gasteiger charge is -2.32. The predicted octanol–water partition coefficient (Wildman–Crippen LogP) is 1.30. The summed E-state index contributed by atoms with van der Waals surface area (Å²) in [4.78, 5) is 0. The Balaban J connectivity index is 2.17. The maximum Gasteiger partial charge on any atom is 0.494 e. The Bertz CT molecular complexity index is 495. The molecule has 1 aromatic carbocycles. The summed E-state index contributed by atoms with van der Waals surface area (Å²) in [6.07, 6.45) is 0. The average Bonchev–Trinajstić information content (AvgIpc) is 2.56. The van der Waals surface area contributed by atoms with Gasteiger partial charge in [-0.3, -0.25) is 0 Å². The summed E-state index contributed by atoms with van der Waals surface area (Å²) in [5, 5.41) is 0. The summed E-state index contributed by atoms with van der Waals surface area (Å²) in [7, 11) is -0.318. The lowest BCUT2D eigenvalue weighted by atomic mass is 9.79. The minimum Gasteiger partial charge on any atom is -0.399 e. The second kappa shape index (κ2) is 5.01. The Hall–Kier alpha value is -1.28. The highest BCUT2D eigenvalue weighted by Gasteiger charge is 2.51. The van der Waals surface area contributed by atoms with Crippen LogP contribution in [0.2, 0.25) is 0 Å². The summed E-state index contributed by atoms with van der Waals surface area (Å²) in [6.45, 7) is 8.57. The molecular formula is C15H20BNO2. The Morgan fingerprint density at radius 1 is 1.05 bits per heavy atom. The second-order valence-corrected chi connectivity index (χ2v) is 5.72. The molecule has 4 heteroatoms. The van der Waals surface area contributed by atoms with Crippen molar-refractivity contribution < 1.29 is 9.31 Å². The summed E-state index contributed by atoms with van der Waals surface area (Å²) < 4.78 is 12.0. The largest absolute Gasteiger partial charge is 0.494 e. The molecule has 2 N–H and O–H groups in total. The lowest BCUT2D eigenvalue weighted by molar-refractivity contribution is 0.00578. The third-order valence-corrected chi connectivity index (χ3v) is 3.77. The summed E-state index contributed by atoms with van der Waals surface area (Å²) in [6, 6.07) is 7.90. The van der Waals surface area contributed by atoms with Crippen LogP contribution in [0.15, 0.2) is 24.3 Å². The van der Waals surface area contributed by atoms with E-state index in [-0.39, 0.29) is 18.3 Å². The maximum absolute atomic E-state index is 5.99. The van der Waals surface area contributed by atoms with Crippen molar-refractivity contribution in [2.45, 2.75) is 38.9 Å². The van der Waals surface area contributed by atoms with Gasteiger partial charge in [-0.05, 0) is 45.3 Å². The fourth-order valence-electron chi connectivity index (χ4n) is 1.86. The molecule has 3 nitrogen and oxygen atoms in total. The van der Waals surface area contributed by atoms with E-state index in [1.807, 2.05) is 52.0 Å². The molecule has 0 bridgehead atoms. The minimum atomic E-state index is -0.318. The van der Waals surface area contributed by atoms with E-state index in [1.54, 1.807) is 0 Å². The van der Waals surface area contributed by atoms with Crippen LogP contribution in [0.5, 0.6) is 0 Å². The topological polar surface area (TPSA) is 44.5 Å². The number of hydrogen-bond donors (Lipinski definition) is 1. The molecule has 1 heterocycles. The zero-order chi connectivity index (χ0) is 14.1. The fourth-order valence-corrected chi connectivity index (χ4v) is 1.86. The van der Waals surface area contributed by atoms with Gasteiger partial charge in [0.1, 0.15) is 0 Å². The molecule has 0 amide bonds. The van der Waals surface area contributed by atoms with Crippen molar-refractivity contribution in [2.24, 2.45) is 5.73 Å². The molecule has 1 saturated heterocycles. The molecule has 1 aliphatic rings. The molecule has 2 rings (SSSR count). The quantitative estimate of drug-likeness (QED) is 0.609. The molecule has 19 heavy (non-hydrogen) atoms. The highest BCUT2D eigenvalue weighted by Crippen LogP contribution is 2.36. The van der Waals surface area contributed by atoms with Crippen molar-refractivity contribution in [2.75, 3.05) is 6.54 Å². The first-order chi connectivity index (χ1) is 8.86. The first kappa shape index (κ1) is 14.1. The van der Waals surface area contributed by atoms with Gasteiger partial charge in [-0.25, -0.2) is 0 Å². The van der Waals surface area contributed by atoms with Gasteiger partial charge >= 0.3 is 7.12 Å². The van der Waals surface area contributed by atoms with Crippen molar-refractivity contribution >= 4 is 12.6 Å². The van der Waals surface area contributed by atoms with Crippen LogP contribution in [0, 0.1) is 11.8 Å². The van der Waals surface area contributed by atoms with Gasteiger partial charge in [0.25, 0.3) is 0 Å². The summed E-state index contributed by atoms with van der Waals surface area (Å²) >= 11 is 0. The van der Waals surface area contributed by atoms with E-state index < -0.39 is 0 Å². The number of rotatable bonds is 1. The van der Waals surface area contributed by atoms with Crippen LogP contribution in [0.4, 0.5) is 0 Å². The van der Waals surface area contributed by atoms with Gasteiger partial charge < -0.3 is 15.0 Å². The number of nitrogens with two attached hydrogens (primary N) is 1. The van der Waals surface area contributed by atoms with Crippen molar-refractivity contribution in [3.05, 3.63) is 29.8 Å². The zero-order valence-electron chi connectivity index (χ0n) is 12.0. The molecule has 1 fully saturated rings. The van der Waals surface area contributed by atoms with Crippen LogP contribution < -0.4 is 11.2 Å². The zero-order valence-corrected chi connectivity index (χ0v) is 12.0. The van der Waals surface area contributed by atoms with Gasteiger partial charge in [0.15, 0.2) is 0 Å². The van der Waals surface area contributed by atoms with Crippen molar-refractivity contribution in [3.63, 3.8) is 0 Å². The standard InChI is InChI=1S/C15H20BNO2/c1-14(2)15(3,4)19-16(18-14)13-9-7-12(8-10-13)6-5-11-17/h7-10H,11,17H2,1-4H3. The Morgan fingerprint density at radius 2 is 1.58 bits per heavy atom. The van der Waals surface area contributed by atoms with Crippen LogP contribution in [-0.4, -0.2) is 24.9 Å². The van der Waals surface area contributed by atoms with Gasteiger partial charge in [-0.2, -0.15) is 0 Å². The number of benzene rings is 1. The molecule has 0 saturated carbocycles. The van der Waals surface area contributed by atoms with Crippen LogP contribution in [0.25, 0.3) is 0 Å². The third-order valence-electron chi connectivity index (χ3n) is 3.77. The molecule has 100 valence electrons. The van der Waals surface area contributed by atoms with Crippen molar-refractivity contribution in [1.82, 2.24) is 0 Å². The van der Waals surface area contributed by atoms with E-state index in [2.05, 4.69) is 11.8 Å². The van der Waals surface area contributed by atoms with E-state index in [1.165, 1.54) is 0 Å². The molecule has 0 unspecified atom stereocenters. The smallest absolute Gasteiger partial charge is 0.399 e. The van der Waals surface area contributed by atoms with Crippen LogP contribution in [0.3, 0.4) is 0 Å². The molecule has 1 aliphatic heterocycles. The van der Waals surface area contributed by atoms with Gasteiger partial charge in [-0.1, -0.05) is 24.0 Å². The van der Waals surface area contributed by atoms with Gasteiger partial charge in [-0.15, -0.1) is 0 Å². The molecule has 0 atom stereocenters. The van der Waals surface area contributed by atoms with Crippen LogP contribution in [-0.2, 0) is 9.31 Å². The van der Waals surface area contributed by atoms with Gasteiger partial charge in [0.05, 0.1) is 17.7 Å². The van der Waals surface area contributed by atoms with E-state index in [0.717, 1.165) is 11.0 Å². The monoisotopic (exact) mass is 257 g/mol. The van der Waals surface area contributed by atoms with Crippen LogP contribution >= 0.6 is 0 Å². The van der Waals surface area contributed by atoms with E-state index >= 15 is 0 Å². The molecule has 0 aromatic heterocycles. The number of hydrogen-bond acceptors (Lipinski definition) is 3. The lowest BCUT2D eigenvalue weighted by Crippen LogP contribution is -2.41. The Morgan fingerprint density at radius 3 is 2.05 bits per heavy atom. The highest BCUT2D eigenvalue weighted by molar-refractivity contribution is 6.62. The SMILES string of the molecule is CC1(C)OB(c2ccc(C#CCN)cc2)OC1(C)C. The average molecular weight is 257 g/mol. The fraction of sp³-hybridized carbons (Fsp3) is 0.467. The first-order valence-electron chi connectivity index (χ1n) is 6.50. The molecule has 0 aliphatic carbocycles. The van der Waals surface area contributed by atoms with E-state index in [0.29, 0.717) is 6.54 Å². The molecule has 0 spiro atoms. The Labute approximate surface area is 115 Å². The highest BCUT2D eigenvalue weighted by atomic mass is 16.7. The Kier molecular flexibility index (Phi) is 3.73. The summed E-state index contributed by atoms with van der Waals surface area (Å²) in [5.41, 5.74) is 6.69. The molecule has 0 radical (unpaired) electrons. The molecular weight excluding hydrogens is 237 g/mol. The van der Waals surface area contributed by atoms with Crippen LogP contribution in [0.1, 0.15) is 33.3 Å². The van der Waals surface area contributed by atoms with Crippen molar-refractivity contribution in [1.29, 1.82) is 0 Å².